The molecule has 1 saturated heterocycles. The Kier molecular flexibility index (Phi) is 7.21. The molecule has 2 aliphatic rings. The van der Waals surface area contributed by atoms with Crippen LogP contribution in [0.5, 0.6) is 0 Å². The van der Waals surface area contributed by atoms with Crippen molar-refractivity contribution < 1.29 is 14.3 Å². The van der Waals surface area contributed by atoms with Crippen LogP contribution in [-0.2, 0) is 20.9 Å². The highest BCUT2D eigenvalue weighted by molar-refractivity contribution is 5.79. The van der Waals surface area contributed by atoms with Crippen LogP contribution in [-0.4, -0.2) is 59.4 Å². The zero-order valence-corrected chi connectivity index (χ0v) is 16.3. The summed E-state index contributed by atoms with van der Waals surface area (Å²) in [5.41, 5.74) is 0.997. The van der Waals surface area contributed by atoms with Gasteiger partial charge in [0.1, 0.15) is 6.61 Å². The van der Waals surface area contributed by atoms with Crippen molar-refractivity contribution in [2.24, 2.45) is 5.92 Å². The number of rotatable bonds is 7. The molecule has 1 aromatic rings. The average Bonchev–Trinajstić information content (AvgIpc) is 3.20. The fourth-order valence-electron chi connectivity index (χ4n) is 4.34. The Morgan fingerprint density at radius 1 is 1.26 bits per heavy atom. The maximum Gasteiger partial charge on any atom is 0.249 e. The molecule has 1 saturated carbocycles. The molecule has 1 aromatic heterocycles. The normalized spacial score (nSPS) is 20.6. The van der Waals surface area contributed by atoms with Crippen LogP contribution in [0.2, 0.25) is 0 Å². The number of likely N-dealkylation sites (tertiary alicyclic amines) is 1. The Labute approximate surface area is 161 Å². The fourth-order valence-corrected chi connectivity index (χ4v) is 4.34. The zero-order valence-electron chi connectivity index (χ0n) is 16.3. The van der Waals surface area contributed by atoms with Gasteiger partial charge in [-0.3, -0.25) is 14.6 Å². The van der Waals surface area contributed by atoms with E-state index in [1.54, 1.807) is 19.5 Å². The molecule has 2 heterocycles. The van der Waals surface area contributed by atoms with Gasteiger partial charge in [-0.15, -0.1) is 0 Å². The molecule has 2 amide bonds. The number of methoxy groups -OCH3 is 1. The number of carbonyl (C=O) groups is 2. The van der Waals surface area contributed by atoms with Crippen LogP contribution in [0, 0.1) is 5.92 Å². The number of amides is 2. The molecule has 0 spiro atoms. The molecular weight excluding hydrogens is 342 g/mol. The third-order valence-corrected chi connectivity index (χ3v) is 5.79. The SMILES string of the molecule is COCC(=O)N(Cc1cccnc1)C1CCCN(C(=O)CC2CCCC2)C1. The molecule has 27 heavy (non-hydrogen) atoms. The smallest absolute Gasteiger partial charge is 0.249 e. The number of carbonyl (C=O) groups excluding carboxylic acids is 2. The molecule has 6 nitrogen and oxygen atoms in total. The maximum atomic E-state index is 12.8. The summed E-state index contributed by atoms with van der Waals surface area (Å²) < 4.78 is 5.09. The Hall–Kier alpha value is -1.95. The van der Waals surface area contributed by atoms with Gasteiger partial charge in [0.25, 0.3) is 0 Å². The Morgan fingerprint density at radius 2 is 2.07 bits per heavy atom. The predicted octanol–water partition coefficient (Wildman–Crippen LogP) is 2.63. The number of piperidine rings is 1. The highest BCUT2D eigenvalue weighted by atomic mass is 16.5. The van der Waals surface area contributed by atoms with Crippen LogP contribution >= 0.6 is 0 Å². The Morgan fingerprint density at radius 3 is 2.78 bits per heavy atom. The first kappa shape index (κ1) is 19.8. The van der Waals surface area contributed by atoms with Crippen molar-refractivity contribution in [1.29, 1.82) is 0 Å². The minimum atomic E-state index is -0.0311. The molecule has 1 unspecified atom stereocenters. The fraction of sp³-hybridized carbons (Fsp3) is 0.667. The van der Waals surface area contributed by atoms with Crippen LogP contribution < -0.4 is 0 Å². The van der Waals surface area contributed by atoms with Gasteiger partial charge >= 0.3 is 0 Å². The molecule has 0 aromatic carbocycles. The number of hydrogen-bond donors (Lipinski definition) is 0. The van der Waals surface area contributed by atoms with Gasteiger partial charge in [0, 0.05) is 51.6 Å². The molecule has 1 aliphatic carbocycles. The molecule has 0 radical (unpaired) electrons. The predicted molar refractivity (Wildman–Crippen MR) is 103 cm³/mol. The van der Waals surface area contributed by atoms with E-state index in [1.165, 1.54) is 25.7 Å². The van der Waals surface area contributed by atoms with Crippen LogP contribution in [0.3, 0.4) is 0 Å². The summed E-state index contributed by atoms with van der Waals surface area (Å²) >= 11 is 0. The van der Waals surface area contributed by atoms with E-state index in [0.717, 1.165) is 24.9 Å². The second-order valence-electron chi connectivity index (χ2n) is 7.81. The molecule has 1 aliphatic heterocycles. The van der Waals surface area contributed by atoms with E-state index in [4.69, 9.17) is 4.74 Å². The molecule has 1 atom stereocenters. The summed E-state index contributed by atoms with van der Waals surface area (Å²) in [6, 6.07) is 3.90. The minimum Gasteiger partial charge on any atom is -0.375 e. The van der Waals surface area contributed by atoms with Gasteiger partial charge in [-0.1, -0.05) is 18.9 Å². The summed E-state index contributed by atoms with van der Waals surface area (Å²) in [5, 5.41) is 0. The van der Waals surface area contributed by atoms with Crippen molar-refractivity contribution in [2.45, 2.75) is 57.5 Å². The first-order chi connectivity index (χ1) is 13.2. The van der Waals surface area contributed by atoms with Gasteiger partial charge in [-0.05, 0) is 43.2 Å². The van der Waals surface area contributed by atoms with Gasteiger partial charge in [0.15, 0.2) is 0 Å². The van der Waals surface area contributed by atoms with Crippen LogP contribution in [0.15, 0.2) is 24.5 Å². The first-order valence-electron chi connectivity index (χ1n) is 10.1. The van der Waals surface area contributed by atoms with Gasteiger partial charge in [0.2, 0.25) is 11.8 Å². The topological polar surface area (TPSA) is 62.7 Å². The first-order valence-corrected chi connectivity index (χ1v) is 10.1. The summed E-state index contributed by atoms with van der Waals surface area (Å²) in [4.78, 5) is 33.4. The van der Waals surface area contributed by atoms with Crippen molar-refractivity contribution in [1.82, 2.24) is 14.8 Å². The van der Waals surface area contributed by atoms with E-state index in [2.05, 4.69) is 4.98 Å². The standard InChI is InChI=1S/C21H31N3O3/c1-27-16-21(26)24(14-18-8-4-10-22-13-18)19-9-5-11-23(15-19)20(25)12-17-6-2-3-7-17/h4,8,10,13,17,19H,2-3,5-7,9,11-12,14-16H2,1H3. The molecule has 0 N–H and O–H groups in total. The highest BCUT2D eigenvalue weighted by Gasteiger charge is 2.31. The van der Waals surface area contributed by atoms with E-state index >= 15 is 0 Å². The quantitative estimate of drug-likeness (QED) is 0.737. The summed E-state index contributed by atoms with van der Waals surface area (Å²) in [6.45, 7) is 2.00. The lowest BCUT2D eigenvalue weighted by molar-refractivity contribution is -0.143. The lowest BCUT2D eigenvalue weighted by Crippen LogP contribution is -2.52. The average molecular weight is 373 g/mol. The second kappa shape index (κ2) is 9.83. The summed E-state index contributed by atoms with van der Waals surface area (Å²) in [7, 11) is 1.54. The van der Waals surface area contributed by atoms with E-state index in [9.17, 15) is 9.59 Å². The van der Waals surface area contributed by atoms with Crippen molar-refractivity contribution in [3.63, 3.8) is 0 Å². The second-order valence-corrected chi connectivity index (χ2v) is 7.81. The number of hydrogen-bond acceptors (Lipinski definition) is 4. The minimum absolute atomic E-state index is 0.0311. The maximum absolute atomic E-state index is 12.8. The third-order valence-electron chi connectivity index (χ3n) is 5.79. The van der Waals surface area contributed by atoms with Crippen LogP contribution in [0.25, 0.3) is 0 Å². The van der Waals surface area contributed by atoms with Gasteiger partial charge in [-0.25, -0.2) is 0 Å². The number of aromatic nitrogens is 1. The van der Waals surface area contributed by atoms with Crippen LogP contribution in [0.1, 0.15) is 50.5 Å². The van der Waals surface area contributed by atoms with E-state index < -0.39 is 0 Å². The number of nitrogens with zero attached hydrogens (tertiary/aromatic N) is 3. The highest BCUT2D eigenvalue weighted by Crippen LogP contribution is 2.29. The van der Waals surface area contributed by atoms with E-state index in [0.29, 0.717) is 25.4 Å². The molecule has 3 rings (SSSR count). The van der Waals surface area contributed by atoms with Crippen molar-refractivity contribution in [3.8, 4) is 0 Å². The van der Waals surface area contributed by atoms with Crippen molar-refractivity contribution >= 4 is 11.8 Å². The van der Waals surface area contributed by atoms with Crippen LogP contribution in [0.4, 0.5) is 0 Å². The van der Waals surface area contributed by atoms with E-state index in [-0.39, 0.29) is 24.5 Å². The summed E-state index contributed by atoms with van der Waals surface area (Å²) in [6.07, 6.45) is 10.9. The third kappa shape index (κ3) is 5.51. The molecule has 148 valence electrons. The number of pyridine rings is 1. The Balaban J connectivity index is 1.65. The molecular formula is C21H31N3O3. The number of ether oxygens (including phenoxy) is 1. The van der Waals surface area contributed by atoms with E-state index in [1.807, 2.05) is 21.9 Å². The Bertz CT molecular complexity index is 616. The summed E-state index contributed by atoms with van der Waals surface area (Å²) in [5.74, 6) is 0.781. The monoisotopic (exact) mass is 373 g/mol. The van der Waals surface area contributed by atoms with Crippen molar-refractivity contribution in [2.75, 3.05) is 26.8 Å². The largest absolute Gasteiger partial charge is 0.375 e. The molecule has 0 bridgehead atoms. The van der Waals surface area contributed by atoms with Gasteiger partial charge < -0.3 is 14.5 Å². The zero-order chi connectivity index (χ0) is 19.1. The van der Waals surface area contributed by atoms with Crippen molar-refractivity contribution in [3.05, 3.63) is 30.1 Å². The lowest BCUT2D eigenvalue weighted by Gasteiger charge is -2.39. The molecule has 2 fully saturated rings. The van der Waals surface area contributed by atoms with Gasteiger partial charge in [0.05, 0.1) is 0 Å². The molecule has 6 heteroatoms. The van der Waals surface area contributed by atoms with Gasteiger partial charge in [-0.2, -0.15) is 0 Å². The lowest BCUT2D eigenvalue weighted by atomic mass is 9.99.